The van der Waals surface area contributed by atoms with E-state index in [9.17, 15) is 4.79 Å². The number of hydrogen-bond acceptors (Lipinski definition) is 6. The van der Waals surface area contributed by atoms with Gasteiger partial charge < -0.3 is 10.2 Å². The summed E-state index contributed by atoms with van der Waals surface area (Å²) in [5.41, 5.74) is 0.836. The number of pyridine rings is 1. The summed E-state index contributed by atoms with van der Waals surface area (Å²) in [6.07, 6.45) is 4.03. The second-order valence-corrected chi connectivity index (χ2v) is 9.15. The maximum atomic E-state index is 12.4. The van der Waals surface area contributed by atoms with Crippen LogP contribution in [0, 0.1) is 0 Å². The predicted octanol–water partition coefficient (Wildman–Crippen LogP) is 4.36. The molecule has 3 aromatic heterocycles. The zero-order chi connectivity index (χ0) is 18.6. The molecule has 1 fully saturated rings. The molecule has 8 heteroatoms. The molecule has 0 bridgehead atoms. The minimum absolute atomic E-state index is 0.0514. The molecule has 1 N–H and O–H groups in total. The third-order valence-corrected chi connectivity index (χ3v) is 7.26. The molecule has 0 atom stereocenters. The van der Waals surface area contributed by atoms with E-state index in [1.165, 1.54) is 0 Å². The molecular formula is C19H19BrN4OS2. The first-order valence-corrected chi connectivity index (χ1v) is 11.4. The molecule has 27 heavy (non-hydrogen) atoms. The number of nitrogens with one attached hydrogen (secondary N) is 1. The number of piperidine rings is 1. The van der Waals surface area contributed by atoms with Gasteiger partial charge in [0.05, 0.1) is 17.0 Å². The highest BCUT2D eigenvalue weighted by Crippen LogP contribution is 2.32. The predicted molar refractivity (Wildman–Crippen MR) is 114 cm³/mol. The molecule has 4 rings (SSSR count). The van der Waals surface area contributed by atoms with E-state index < -0.39 is 0 Å². The molecule has 1 saturated heterocycles. The maximum Gasteiger partial charge on any atom is 0.226 e. The molecule has 3 aromatic rings. The average Bonchev–Trinajstić information content (AvgIpc) is 3.32. The zero-order valence-corrected chi connectivity index (χ0v) is 17.8. The second-order valence-electron chi connectivity index (χ2n) is 6.47. The van der Waals surface area contributed by atoms with Gasteiger partial charge >= 0.3 is 0 Å². The van der Waals surface area contributed by atoms with Gasteiger partial charge in [-0.2, -0.15) is 0 Å². The van der Waals surface area contributed by atoms with Crippen molar-refractivity contribution in [2.24, 2.45) is 0 Å². The number of nitrogens with zero attached hydrogens (tertiary/aromatic N) is 3. The van der Waals surface area contributed by atoms with Crippen LogP contribution in [0.25, 0.3) is 9.88 Å². The Morgan fingerprint density at radius 2 is 2.11 bits per heavy atom. The van der Waals surface area contributed by atoms with Gasteiger partial charge in [0.2, 0.25) is 5.91 Å². The van der Waals surface area contributed by atoms with E-state index in [0.29, 0.717) is 6.42 Å². The molecule has 0 aliphatic carbocycles. The summed E-state index contributed by atoms with van der Waals surface area (Å²) in [6.45, 7) is 1.83. The van der Waals surface area contributed by atoms with E-state index in [4.69, 9.17) is 0 Å². The Labute approximate surface area is 174 Å². The largest absolute Gasteiger partial charge is 0.356 e. The number of rotatable bonds is 5. The molecule has 5 nitrogen and oxygen atoms in total. The van der Waals surface area contributed by atoms with Gasteiger partial charge in [0, 0.05) is 40.6 Å². The molecule has 1 aliphatic heterocycles. The van der Waals surface area contributed by atoms with Crippen molar-refractivity contribution in [3.05, 3.63) is 51.4 Å². The normalized spacial score (nSPS) is 15.1. The third-order valence-electron chi connectivity index (χ3n) is 4.51. The van der Waals surface area contributed by atoms with E-state index >= 15 is 0 Å². The van der Waals surface area contributed by atoms with Crippen molar-refractivity contribution < 1.29 is 4.79 Å². The Hall–Kier alpha value is -1.77. The van der Waals surface area contributed by atoms with E-state index in [1.54, 1.807) is 22.7 Å². The van der Waals surface area contributed by atoms with Crippen molar-refractivity contribution in [1.82, 2.24) is 15.3 Å². The Morgan fingerprint density at radius 1 is 1.26 bits per heavy atom. The number of carbonyl (C=O) groups is 1. The third kappa shape index (κ3) is 4.75. The lowest BCUT2D eigenvalue weighted by Gasteiger charge is -2.33. The van der Waals surface area contributed by atoms with Crippen molar-refractivity contribution in [1.29, 1.82) is 0 Å². The van der Waals surface area contributed by atoms with E-state index in [0.717, 1.165) is 51.8 Å². The summed E-state index contributed by atoms with van der Waals surface area (Å²) >= 11 is 6.71. The number of thiazole rings is 1. The lowest BCUT2D eigenvalue weighted by molar-refractivity contribution is -0.121. The van der Waals surface area contributed by atoms with Gasteiger partial charge in [-0.05, 0) is 47.0 Å². The van der Waals surface area contributed by atoms with Crippen LogP contribution in [-0.2, 0) is 11.2 Å². The number of aromatic nitrogens is 2. The first kappa shape index (κ1) is 18.6. The van der Waals surface area contributed by atoms with Crippen molar-refractivity contribution >= 4 is 50.3 Å². The molecule has 0 unspecified atom stereocenters. The fourth-order valence-electron chi connectivity index (χ4n) is 3.16. The monoisotopic (exact) mass is 462 g/mol. The molecule has 140 valence electrons. The fraction of sp³-hybridized carbons (Fsp3) is 0.316. The van der Waals surface area contributed by atoms with E-state index in [-0.39, 0.29) is 11.9 Å². The molecule has 1 amide bonds. The first-order valence-electron chi connectivity index (χ1n) is 8.81. The number of amides is 1. The van der Waals surface area contributed by atoms with Crippen LogP contribution in [-0.4, -0.2) is 35.0 Å². The van der Waals surface area contributed by atoms with Crippen molar-refractivity contribution in [2.45, 2.75) is 25.3 Å². The lowest BCUT2D eigenvalue weighted by Crippen LogP contribution is -2.45. The molecule has 0 saturated carbocycles. The number of hydrogen-bond donors (Lipinski definition) is 1. The Morgan fingerprint density at radius 3 is 2.81 bits per heavy atom. The van der Waals surface area contributed by atoms with Crippen LogP contribution < -0.4 is 10.2 Å². The number of halogens is 1. The number of thiophene rings is 1. The fourth-order valence-corrected chi connectivity index (χ4v) is 5.49. The summed E-state index contributed by atoms with van der Waals surface area (Å²) in [5, 5.41) is 8.16. The average molecular weight is 463 g/mol. The van der Waals surface area contributed by atoms with Gasteiger partial charge in [0.25, 0.3) is 0 Å². The Bertz CT molecular complexity index is 903. The second kappa shape index (κ2) is 8.50. The van der Waals surface area contributed by atoms with Gasteiger partial charge in [-0.15, -0.1) is 22.7 Å². The van der Waals surface area contributed by atoms with E-state index in [2.05, 4.69) is 42.2 Å². The Balaban J connectivity index is 1.27. The first-order chi connectivity index (χ1) is 13.2. The maximum absolute atomic E-state index is 12.4. The molecule has 0 spiro atoms. The summed E-state index contributed by atoms with van der Waals surface area (Å²) < 4.78 is 1.06. The Kier molecular flexibility index (Phi) is 5.85. The molecule has 0 radical (unpaired) electrons. The smallest absolute Gasteiger partial charge is 0.226 e. The standard InChI is InChI=1S/C19H19BrN4OS2/c20-13-9-16(26-11-13)19-23-15(12-27-19)10-18(25)22-14-4-7-24(8-5-14)17-3-1-2-6-21-17/h1-3,6,9,11-12,14H,4-5,7-8,10H2,(H,22,25). The summed E-state index contributed by atoms with van der Waals surface area (Å²) in [7, 11) is 0. The number of anilines is 1. The van der Waals surface area contributed by atoms with Crippen molar-refractivity contribution in [3.8, 4) is 9.88 Å². The lowest BCUT2D eigenvalue weighted by atomic mass is 10.0. The number of carbonyl (C=O) groups excluding carboxylic acids is 1. The van der Waals surface area contributed by atoms with Crippen LogP contribution in [0.1, 0.15) is 18.5 Å². The van der Waals surface area contributed by atoms with Crippen LogP contribution >= 0.6 is 38.6 Å². The van der Waals surface area contributed by atoms with Gasteiger partial charge in [-0.1, -0.05) is 6.07 Å². The van der Waals surface area contributed by atoms with Crippen molar-refractivity contribution in [2.75, 3.05) is 18.0 Å². The highest BCUT2D eigenvalue weighted by Gasteiger charge is 2.21. The minimum atomic E-state index is 0.0514. The van der Waals surface area contributed by atoms with Gasteiger partial charge in [0.15, 0.2) is 0 Å². The van der Waals surface area contributed by atoms with Crippen LogP contribution in [0.2, 0.25) is 0 Å². The highest BCUT2D eigenvalue weighted by atomic mass is 79.9. The summed E-state index contributed by atoms with van der Waals surface area (Å²) in [6, 6.07) is 8.25. The van der Waals surface area contributed by atoms with Crippen LogP contribution in [0.4, 0.5) is 5.82 Å². The van der Waals surface area contributed by atoms with Crippen LogP contribution in [0.15, 0.2) is 45.7 Å². The SMILES string of the molecule is O=C(Cc1csc(-c2cc(Br)cs2)n1)NC1CCN(c2ccccn2)CC1. The zero-order valence-electron chi connectivity index (χ0n) is 14.6. The molecular weight excluding hydrogens is 444 g/mol. The van der Waals surface area contributed by atoms with Crippen LogP contribution in [0.5, 0.6) is 0 Å². The quantitative estimate of drug-likeness (QED) is 0.611. The van der Waals surface area contributed by atoms with Gasteiger partial charge in [0.1, 0.15) is 10.8 Å². The molecule has 0 aromatic carbocycles. The topological polar surface area (TPSA) is 58.1 Å². The summed E-state index contributed by atoms with van der Waals surface area (Å²) in [4.78, 5) is 24.8. The van der Waals surface area contributed by atoms with E-state index in [1.807, 2.05) is 35.2 Å². The minimum Gasteiger partial charge on any atom is -0.356 e. The summed E-state index contributed by atoms with van der Waals surface area (Å²) in [5.74, 6) is 1.06. The van der Waals surface area contributed by atoms with Gasteiger partial charge in [-0.25, -0.2) is 9.97 Å². The van der Waals surface area contributed by atoms with Crippen molar-refractivity contribution in [3.63, 3.8) is 0 Å². The highest BCUT2D eigenvalue weighted by molar-refractivity contribution is 9.10. The van der Waals surface area contributed by atoms with Crippen LogP contribution in [0.3, 0.4) is 0 Å². The molecule has 4 heterocycles. The van der Waals surface area contributed by atoms with Gasteiger partial charge in [-0.3, -0.25) is 4.79 Å². The molecule has 1 aliphatic rings.